The lowest BCUT2D eigenvalue weighted by Crippen LogP contribution is -2.27. The highest BCUT2D eigenvalue weighted by atomic mass is 35.5. The van der Waals surface area contributed by atoms with E-state index in [1.54, 1.807) is 13.0 Å². The maximum Gasteiger partial charge on any atom is 0.254 e. The van der Waals surface area contributed by atoms with Crippen molar-refractivity contribution in [3.8, 4) is 0 Å². The molecule has 0 aromatic heterocycles. The first-order chi connectivity index (χ1) is 9.90. The lowest BCUT2D eigenvalue weighted by Gasteiger charge is -2.16. The number of nitrogens with one attached hydrogen (secondary N) is 1. The largest absolute Gasteiger partial charge is 0.345 e. The van der Waals surface area contributed by atoms with Gasteiger partial charge >= 0.3 is 0 Å². The number of carbonyl (C=O) groups excluding carboxylic acids is 1. The van der Waals surface area contributed by atoms with Crippen LogP contribution in [0.3, 0.4) is 0 Å². The maximum atomic E-state index is 13.5. The number of carbonyl (C=O) groups is 1. The van der Waals surface area contributed by atoms with Gasteiger partial charge in [-0.15, -0.1) is 0 Å². The van der Waals surface area contributed by atoms with Crippen LogP contribution < -0.4 is 5.32 Å². The Balaban J connectivity index is 2.22. The molecule has 0 unspecified atom stereocenters. The van der Waals surface area contributed by atoms with Gasteiger partial charge in [0.25, 0.3) is 5.91 Å². The van der Waals surface area contributed by atoms with Gasteiger partial charge in [0.1, 0.15) is 11.6 Å². The van der Waals surface area contributed by atoms with Crippen LogP contribution in [0.4, 0.5) is 8.78 Å². The van der Waals surface area contributed by atoms with Crippen molar-refractivity contribution in [3.63, 3.8) is 0 Å². The number of hydrogen-bond donors (Lipinski definition) is 1. The zero-order valence-electron chi connectivity index (χ0n) is 11.0. The first kappa shape index (κ1) is 15.7. The highest BCUT2D eigenvalue weighted by Gasteiger charge is 2.18. The van der Waals surface area contributed by atoms with Crippen LogP contribution in [0.2, 0.25) is 10.0 Å². The van der Waals surface area contributed by atoms with Crippen molar-refractivity contribution in [3.05, 3.63) is 69.2 Å². The van der Waals surface area contributed by atoms with E-state index in [-0.39, 0.29) is 15.6 Å². The van der Waals surface area contributed by atoms with E-state index in [1.807, 2.05) is 0 Å². The van der Waals surface area contributed by atoms with Gasteiger partial charge in [-0.3, -0.25) is 4.79 Å². The van der Waals surface area contributed by atoms with Crippen LogP contribution in [-0.2, 0) is 0 Å². The molecule has 0 radical (unpaired) electrons. The number of benzene rings is 2. The van der Waals surface area contributed by atoms with E-state index in [9.17, 15) is 13.6 Å². The van der Waals surface area contributed by atoms with Crippen LogP contribution in [0.15, 0.2) is 36.4 Å². The summed E-state index contributed by atoms with van der Waals surface area (Å²) in [6.45, 7) is 1.62. The quantitative estimate of drug-likeness (QED) is 0.808. The molecule has 0 aliphatic rings. The Bertz CT molecular complexity index is 691. The minimum atomic E-state index is -0.636. The molecule has 6 heteroatoms. The van der Waals surface area contributed by atoms with Crippen molar-refractivity contribution in [2.45, 2.75) is 13.0 Å². The molecule has 0 spiro atoms. The van der Waals surface area contributed by atoms with Crippen molar-refractivity contribution < 1.29 is 13.6 Å². The fraction of sp³-hybridized carbons (Fsp3) is 0.133. The third-order valence-corrected chi connectivity index (χ3v) is 3.59. The maximum absolute atomic E-state index is 13.5. The van der Waals surface area contributed by atoms with Crippen LogP contribution in [0.5, 0.6) is 0 Å². The minimum absolute atomic E-state index is 0.0880. The molecule has 1 amide bonds. The van der Waals surface area contributed by atoms with E-state index in [4.69, 9.17) is 23.2 Å². The summed E-state index contributed by atoms with van der Waals surface area (Å²) in [5.74, 6) is -1.87. The van der Waals surface area contributed by atoms with Crippen LogP contribution in [0.1, 0.15) is 28.9 Å². The summed E-state index contributed by atoms with van der Waals surface area (Å²) in [6, 6.07) is 7.40. The van der Waals surface area contributed by atoms with Gasteiger partial charge in [-0.2, -0.15) is 0 Å². The summed E-state index contributed by atoms with van der Waals surface area (Å²) in [4.78, 5) is 12.0. The molecule has 0 fully saturated rings. The Morgan fingerprint density at radius 3 is 2.43 bits per heavy atom. The number of halogens is 4. The number of hydrogen-bond acceptors (Lipinski definition) is 1. The summed E-state index contributed by atoms with van der Waals surface area (Å²) in [5.41, 5.74) is 0.276. The van der Waals surface area contributed by atoms with Gasteiger partial charge in [0.2, 0.25) is 0 Å². The summed E-state index contributed by atoms with van der Waals surface area (Å²) in [6.07, 6.45) is 0. The van der Waals surface area contributed by atoms with Crippen LogP contribution in [0.25, 0.3) is 0 Å². The lowest BCUT2D eigenvalue weighted by atomic mass is 10.1. The topological polar surface area (TPSA) is 29.1 Å². The molecule has 0 heterocycles. The molecule has 1 N–H and O–H groups in total. The Hall–Kier alpha value is -1.65. The second-order valence-corrected chi connectivity index (χ2v) is 5.28. The van der Waals surface area contributed by atoms with Crippen LogP contribution in [-0.4, -0.2) is 5.91 Å². The zero-order chi connectivity index (χ0) is 15.6. The van der Waals surface area contributed by atoms with Crippen molar-refractivity contribution in [2.75, 3.05) is 0 Å². The van der Waals surface area contributed by atoms with E-state index < -0.39 is 23.6 Å². The molecule has 2 nitrogen and oxygen atoms in total. The molecule has 0 aliphatic carbocycles. The van der Waals surface area contributed by atoms with Crippen molar-refractivity contribution in [2.24, 2.45) is 0 Å². The molecule has 0 saturated carbocycles. The van der Waals surface area contributed by atoms with Gasteiger partial charge in [-0.25, -0.2) is 8.78 Å². The number of rotatable bonds is 3. The van der Waals surface area contributed by atoms with Gasteiger partial charge in [0, 0.05) is 5.02 Å². The molecule has 21 heavy (non-hydrogen) atoms. The summed E-state index contributed by atoms with van der Waals surface area (Å²) < 4.78 is 27.0. The smallest absolute Gasteiger partial charge is 0.254 e. The summed E-state index contributed by atoms with van der Waals surface area (Å²) >= 11 is 11.6. The monoisotopic (exact) mass is 329 g/mol. The van der Waals surface area contributed by atoms with E-state index in [0.29, 0.717) is 5.56 Å². The van der Waals surface area contributed by atoms with Crippen molar-refractivity contribution in [1.82, 2.24) is 5.32 Å². The Morgan fingerprint density at radius 2 is 1.76 bits per heavy atom. The average Bonchev–Trinajstić information content (AvgIpc) is 2.43. The second kappa shape index (κ2) is 6.41. The third kappa shape index (κ3) is 3.52. The predicted molar refractivity (Wildman–Crippen MR) is 78.7 cm³/mol. The second-order valence-electron chi connectivity index (χ2n) is 4.46. The molecule has 110 valence electrons. The molecule has 2 aromatic rings. The average molecular weight is 330 g/mol. The zero-order valence-corrected chi connectivity index (χ0v) is 12.5. The Labute approximate surface area is 130 Å². The molecule has 0 bridgehead atoms. The Kier molecular flexibility index (Phi) is 4.80. The highest BCUT2D eigenvalue weighted by molar-refractivity contribution is 6.35. The summed E-state index contributed by atoms with van der Waals surface area (Å²) in [7, 11) is 0. The van der Waals surface area contributed by atoms with E-state index in [0.717, 1.165) is 6.07 Å². The van der Waals surface area contributed by atoms with Gasteiger partial charge in [-0.1, -0.05) is 35.3 Å². The fourth-order valence-electron chi connectivity index (χ4n) is 1.87. The first-order valence-electron chi connectivity index (χ1n) is 6.10. The third-order valence-electron chi connectivity index (χ3n) is 2.97. The van der Waals surface area contributed by atoms with E-state index in [2.05, 4.69) is 5.32 Å². The van der Waals surface area contributed by atoms with Gasteiger partial charge in [-0.05, 0) is 36.8 Å². The Morgan fingerprint density at radius 1 is 1.10 bits per heavy atom. The van der Waals surface area contributed by atoms with Gasteiger partial charge in [0.05, 0.1) is 16.6 Å². The molecule has 2 rings (SSSR count). The predicted octanol–water partition coefficient (Wildman–Crippen LogP) is 4.76. The lowest BCUT2D eigenvalue weighted by molar-refractivity contribution is 0.0936. The molecular weight excluding hydrogens is 319 g/mol. The SMILES string of the molecule is C[C@@H](NC(=O)c1ccccc1F)c1cc(F)c(Cl)cc1Cl. The molecule has 1 atom stereocenters. The molecule has 2 aromatic carbocycles. The van der Waals surface area contributed by atoms with Crippen molar-refractivity contribution >= 4 is 29.1 Å². The van der Waals surface area contributed by atoms with E-state index >= 15 is 0 Å². The number of amides is 1. The van der Waals surface area contributed by atoms with Crippen LogP contribution in [0, 0.1) is 11.6 Å². The standard InChI is InChI=1S/C15H11Cl2F2NO/c1-8(10-6-14(19)12(17)7-11(10)16)20-15(21)9-4-2-3-5-13(9)18/h2-8H,1H3,(H,20,21)/t8-/m1/s1. The highest BCUT2D eigenvalue weighted by Crippen LogP contribution is 2.28. The van der Waals surface area contributed by atoms with E-state index in [1.165, 1.54) is 24.3 Å². The van der Waals surface area contributed by atoms with Crippen LogP contribution >= 0.6 is 23.2 Å². The fourth-order valence-corrected chi connectivity index (χ4v) is 2.41. The van der Waals surface area contributed by atoms with Gasteiger partial charge < -0.3 is 5.32 Å². The minimum Gasteiger partial charge on any atom is -0.345 e. The first-order valence-corrected chi connectivity index (χ1v) is 6.85. The molecule has 0 aliphatic heterocycles. The van der Waals surface area contributed by atoms with Crippen molar-refractivity contribution in [1.29, 1.82) is 0 Å². The normalized spacial score (nSPS) is 12.0. The molecular formula is C15H11Cl2F2NO. The van der Waals surface area contributed by atoms with Gasteiger partial charge in [0.15, 0.2) is 0 Å². The summed E-state index contributed by atoms with van der Waals surface area (Å²) in [5, 5.41) is 2.69. The molecule has 0 saturated heterocycles.